The zero-order valence-electron chi connectivity index (χ0n) is 33.5. The molecule has 1 rings (SSSR count). The molecule has 6 N–H and O–H groups in total. The maximum Gasteiger partial charge on any atom is 0.472 e. The predicted octanol–water partition coefficient (Wildman–Crippen LogP) is 7.99. The summed E-state index contributed by atoms with van der Waals surface area (Å²) in [5.74, 6) is -1.39. The molecule has 1 fully saturated rings. The Morgan fingerprint density at radius 1 is 0.815 bits per heavy atom. The van der Waals surface area contributed by atoms with Crippen LogP contribution in [-0.2, 0) is 32.7 Å². The van der Waals surface area contributed by atoms with Gasteiger partial charge in [-0.1, -0.05) is 116 Å². The fourth-order valence-corrected chi connectivity index (χ4v) is 7.45. The van der Waals surface area contributed by atoms with Crippen LogP contribution >= 0.6 is 7.82 Å². The molecule has 0 radical (unpaired) electrons. The maximum absolute atomic E-state index is 12.8. The third-order valence-corrected chi connectivity index (χ3v) is 10.9. The Balaban J connectivity index is 2.42. The second-order valence-corrected chi connectivity index (χ2v) is 16.3. The number of hydrogen-bond donors (Lipinski definition) is 5. The van der Waals surface area contributed by atoms with Gasteiger partial charge < -0.3 is 35.4 Å². The highest BCUT2D eigenvalue weighted by Gasteiger charge is 2.41. The molecule has 13 heteroatoms. The van der Waals surface area contributed by atoms with Crippen molar-refractivity contribution in [3.8, 4) is 0 Å². The van der Waals surface area contributed by atoms with Crippen LogP contribution in [0.25, 0.3) is 0 Å². The van der Waals surface area contributed by atoms with Crippen molar-refractivity contribution in [1.82, 2.24) is 0 Å². The molecule has 0 heterocycles. The first-order valence-electron chi connectivity index (χ1n) is 21.0. The summed E-state index contributed by atoms with van der Waals surface area (Å²) in [5, 5.41) is 31.2. The molecule has 0 aliphatic heterocycles. The molecule has 0 bridgehead atoms. The van der Waals surface area contributed by atoms with E-state index in [1.54, 1.807) is 12.2 Å². The summed E-state index contributed by atoms with van der Waals surface area (Å²) in [6.07, 6.45) is 24.9. The van der Waals surface area contributed by atoms with Crippen LogP contribution in [0.1, 0.15) is 162 Å². The van der Waals surface area contributed by atoms with Crippen LogP contribution in [0.3, 0.4) is 0 Å². The maximum atomic E-state index is 12.8. The van der Waals surface area contributed by atoms with Gasteiger partial charge in [-0.2, -0.15) is 0 Å². The van der Waals surface area contributed by atoms with Crippen molar-refractivity contribution in [1.29, 1.82) is 0 Å². The van der Waals surface area contributed by atoms with Gasteiger partial charge in [-0.25, -0.2) is 4.57 Å². The number of carbonyl (C=O) groups excluding carboxylic acids is 2. The molecule has 0 amide bonds. The number of phosphoric acid groups is 1. The second-order valence-electron chi connectivity index (χ2n) is 14.9. The van der Waals surface area contributed by atoms with E-state index in [1.165, 1.54) is 70.5 Å². The molecule has 1 unspecified atom stereocenters. The Hall–Kier alpha value is -1.63. The topological polar surface area (TPSA) is 195 Å². The molecule has 0 saturated heterocycles. The lowest BCUT2D eigenvalue weighted by molar-refractivity contribution is -0.147. The van der Waals surface area contributed by atoms with Gasteiger partial charge in [0.05, 0.1) is 37.8 Å². The van der Waals surface area contributed by atoms with E-state index in [4.69, 9.17) is 24.3 Å². The van der Waals surface area contributed by atoms with Crippen LogP contribution in [0.2, 0.25) is 0 Å². The van der Waals surface area contributed by atoms with E-state index in [1.807, 2.05) is 6.08 Å². The largest absolute Gasteiger partial charge is 0.492 e. The first-order chi connectivity index (χ1) is 26.0. The van der Waals surface area contributed by atoms with Gasteiger partial charge in [0.2, 0.25) is 0 Å². The summed E-state index contributed by atoms with van der Waals surface area (Å²) in [4.78, 5) is 35.2. The van der Waals surface area contributed by atoms with Gasteiger partial charge >= 0.3 is 13.8 Å². The first kappa shape index (κ1) is 50.4. The summed E-state index contributed by atoms with van der Waals surface area (Å²) in [5.41, 5.74) is 5.35. The highest BCUT2D eigenvalue weighted by Crippen LogP contribution is 2.43. The zero-order valence-corrected chi connectivity index (χ0v) is 34.4. The SMILES string of the molecule is CCCCCCCCCCCCCC/C=C/O[C@H](COC(=O)CCCCC(=O)C[C@@H]1[C@@H](/C=C/[C@@H](O)CCCCC)[C@H](O)C[C@@H]1O)COP(=O)(O)OCCN. The van der Waals surface area contributed by atoms with Gasteiger partial charge in [0.15, 0.2) is 6.10 Å². The standard InChI is InChI=1S/C41H76NO11P/c1-3-5-7-8-9-10-11-12-13-14-15-16-17-21-28-50-36(33-53-54(48,49)52-29-27-42)32-51-41(47)24-20-19-23-35(44)30-38-37(39(45)31-40(38)46)26-25-34(43)22-18-6-4-2/h21,25-26,28,34,36-40,43,45-46H,3-20,22-24,27,29-33,42H2,1-2H3,(H,48,49)/b26-25+,28-21+/t34-,36+,37+,38+,39+,40-/m0/s1. The number of phosphoric ester groups is 1. The van der Waals surface area contributed by atoms with Crippen molar-refractivity contribution < 1.29 is 52.9 Å². The number of carbonyl (C=O) groups is 2. The first-order valence-corrected chi connectivity index (χ1v) is 22.5. The summed E-state index contributed by atoms with van der Waals surface area (Å²) < 4.78 is 33.0. The van der Waals surface area contributed by atoms with Crippen LogP contribution in [0, 0.1) is 11.8 Å². The Kier molecular flexibility index (Phi) is 30.3. The molecule has 7 atom stereocenters. The third kappa shape index (κ3) is 26.3. The van der Waals surface area contributed by atoms with E-state index in [9.17, 15) is 34.4 Å². The lowest BCUT2D eigenvalue weighted by atomic mass is 9.87. The van der Waals surface area contributed by atoms with Gasteiger partial charge in [0.1, 0.15) is 12.4 Å². The minimum absolute atomic E-state index is 0.0483. The fourth-order valence-electron chi connectivity index (χ4n) is 6.68. The molecule has 1 saturated carbocycles. The monoisotopic (exact) mass is 790 g/mol. The van der Waals surface area contributed by atoms with Crippen molar-refractivity contribution in [3.05, 3.63) is 24.5 Å². The number of nitrogens with two attached hydrogens (primary N) is 1. The van der Waals surface area contributed by atoms with Crippen LogP contribution in [0.4, 0.5) is 0 Å². The van der Waals surface area contributed by atoms with E-state index < -0.39 is 50.0 Å². The van der Waals surface area contributed by atoms with E-state index in [0.717, 1.165) is 38.5 Å². The molecule has 54 heavy (non-hydrogen) atoms. The zero-order chi connectivity index (χ0) is 39.9. The highest BCUT2D eigenvalue weighted by molar-refractivity contribution is 7.47. The summed E-state index contributed by atoms with van der Waals surface area (Å²) >= 11 is 0. The van der Waals surface area contributed by atoms with Crippen molar-refractivity contribution in [2.45, 2.75) is 186 Å². The minimum Gasteiger partial charge on any atom is -0.492 e. The molecule has 0 aromatic heterocycles. The quantitative estimate of drug-likeness (QED) is 0.0135. The van der Waals surface area contributed by atoms with Gasteiger partial charge in [0.25, 0.3) is 0 Å². The third-order valence-electron chi connectivity index (χ3n) is 9.94. The van der Waals surface area contributed by atoms with Gasteiger partial charge in [-0.05, 0) is 38.2 Å². The van der Waals surface area contributed by atoms with E-state index in [0.29, 0.717) is 19.3 Å². The average molecular weight is 790 g/mol. The number of Topliss-reactive ketones (excluding diaryl/α,β-unsaturated/α-hetero) is 1. The van der Waals surface area contributed by atoms with Gasteiger partial charge in [-0.15, -0.1) is 0 Å². The van der Waals surface area contributed by atoms with Gasteiger partial charge in [0, 0.05) is 44.1 Å². The predicted molar refractivity (Wildman–Crippen MR) is 212 cm³/mol. The molecular formula is C41H76NO11P. The Labute approximate surface area is 326 Å². The number of aliphatic hydroxyl groups excluding tert-OH is 3. The van der Waals surface area contributed by atoms with Gasteiger partial charge in [-0.3, -0.25) is 18.6 Å². The number of esters is 1. The lowest BCUT2D eigenvalue weighted by Crippen LogP contribution is -2.25. The van der Waals surface area contributed by atoms with Crippen LogP contribution in [0.15, 0.2) is 24.5 Å². The minimum atomic E-state index is -4.35. The molecule has 316 valence electrons. The van der Waals surface area contributed by atoms with Crippen molar-refractivity contribution in [2.24, 2.45) is 17.6 Å². The Morgan fingerprint density at radius 2 is 1.43 bits per heavy atom. The normalized spacial score (nSPS) is 21.1. The molecular weight excluding hydrogens is 713 g/mol. The molecule has 0 spiro atoms. The Bertz CT molecular complexity index is 1060. The van der Waals surface area contributed by atoms with Crippen molar-refractivity contribution >= 4 is 19.6 Å². The average Bonchev–Trinajstić information content (AvgIpc) is 3.41. The summed E-state index contributed by atoms with van der Waals surface area (Å²) in [6.45, 7) is 3.68. The Morgan fingerprint density at radius 3 is 2.07 bits per heavy atom. The molecule has 12 nitrogen and oxygen atoms in total. The summed E-state index contributed by atoms with van der Waals surface area (Å²) in [7, 11) is -4.35. The molecule has 0 aromatic rings. The number of rotatable bonds is 36. The van der Waals surface area contributed by atoms with Crippen LogP contribution in [0.5, 0.6) is 0 Å². The van der Waals surface area contributed by atoms with E-state index in [2.05, 4.69) is 13.8 Å². The number of allylic oxidation sites excluding steroid dienone is 1. The highest BCUT2D eigenvalue weighted by atomic mass is 31.2. The van der Waals surface area contributed by atoms with E-state index in [-0.39, 0.29) is 57.8 Å². The van der Waals surface area contributed by atoms with Crippen molar-refractivity contribution in [3.63, 3.8) is 0 Å². The second kappa shape index (κ2) is 32.5. The molecule has 1 aliphatic rings. The molecule has 0 aromatic carbocycles. The smallest absolute Gasteiger partial charge is 0.472 e. The van der Waals surface area contributed by atoms with Crippen LogP contribution in [-0.4, -0.2) is 82.7 Å². The summed E-state index contributed by atoms with van der Waals surface area (Å²) in [6, 6.07) is 0. The van der Waals surface area contributed by atoms with Crippen LogP contribution < -0.4 is 5.73 Å². The number of ether oxygens (including phenoxy) is 2. The number of hydrogen-bond acceptors (Lipinski definition) is 11. The number of unbranched alkanes of at least 4 members (excludes halogenated alkanes) is 15. The number of ketones is 1. The number of aliphatic hydroxyl groups is 3. The van der Waals surface area contributed by atoms with Crippen molar-refractivity contribution in [2.75, 3.05) is 26.4 Å². The van der Waals surface area contributed by atoms with E-state index >= 15 is 0 Å². The molecule has 1 aliphatic carbocycles. The lowest BCUT2D eigenvalue weighted by Gasteiger charge is -2.20. The fraction of sp³-hybridized carbons (Fsp3) is 0.854.